The number of para-hydroxylation sites is 1. The van der Waals surface area contributed by atoms with E-state index in [0.29, 0.717) is 0 Å². The third-order valence-electron chi connectivity index (χ3n) is 5.04. The molecule has 0 bridgehead atoms. The maximum Gasteiger partial charge on any atom is 0.0494 e. The van der Waals surface area contributed by atoms with Crippen LogP contribution in [0.5, 0.6) is 0 Å². The van der Waals surface area contributed by atoms with Crippen LogP contribution in [-0.4, -0.2) is 4.57 Å². The standard InChI is InChI=1S/C22H17N/c1-23-21-11-3-2-8-19(21)20-13-12-16(14-22(20)23)18-10-5-7-15-6-4-9-17(15)18/h2-5,7-14H,6H2,1H3. The van der Waals surface area contributed by atoms with Gasteiger partial charge in [0.15, 0.2) is 0 Å². The Bertz CT molecular complexity index is 1100. The Morgan fingerprint density at radius 3 is 2.65 bits per heavy atom. The Kier molecular flexibility index (Phi) is 2.54. The lowest BCUT2D eigenvalue weighted by Crippen LogP contribution is -1.89. The van der Waals surface area contributed by atoms with Crippen LogP contribution in [0.2, 0.25) is 0 Å². The number of allylic oxidation sites excluding steroid dienone is 1. The molecule has 1 nitrogen and oxygen atoms in total. The molecule has 5 rings (SSSR count). The number of aromatic nitrogens is 1. The Morgan fingerprint density at radius 1 is 0.826 bits per heavy atom. The molecule has 1 aromatic heterocycles. The summed E-state index contributed by atoms with van der Waals surface area (Å²) in [5.74, 6) is 0. The SMILES string of the molecule is Cn1c2ccccc2c2ccc(-c3cccc4c3C=CC4)cc21. The van der Waals surface area contributed by atoms with Crippen LogP contribution in [0.1, 0.15) is 11.1 Å². The zero-order chi connectivity index (χ0) is 15.4. The van der Waals surface area contributed by atoms with Crippen molar-refractivity contribution in [2.24, 2.45) is 7.05 Å². The van der Waals surface area contributed by atoms with Crippen molar-refractivity contribution < 1.29 is 0 Å². The fourth-order valence-electron chi connectivity index (χ4n) is 3.87. The van der Waals surface area contributed by atoms with Gasteiger partial charge in [-0.2, -0.15) is 0 Å². The van der Waals surface area contributed by atoms with E-state index in [0.717, 1.165) is 6.42 Å². The molecule has 0 fully saturated rings. The van der Waals surface area contributed by atoms with Gasteiger partial charge >= 0.3 is 0 Å². The highest BCUT2D eigenvalue weighted by atomic mass is 14.9. The molecule has 0 unspecified atom stereocenters. The monoisotopic (exact) mass is 295 g/mol. The third-order valence-corrected chi connectivity index (χ3v) is 5.04. The van der Waals surface area contributed by atoms with Gasteiger partial charge in [0.25, 0.3) is 0 Å². The lowest BCUT2D eigenvalue weighted by molar-refractivity contribution is 1.01. The van der Waals surface area contributed by atoms with Gasteiger partial charge in [0.2, 0.25) is 0 Å². The van der Waals surface area contributed by atoms with Gasteiger partial charge in [0.05, 0.1) is 0 Å². The number of fused-ring (bicyclic) bond motifs is 4. The Morgan fingerprint density at radius 2 is 1.70 bits per heavy atom. The van der Waals surface area contributed by atoms with Crippen LogP contribution in [0, 0.1) is 0 Å². The first-order valence-electron chi connectivity index (χ1n) is 8.09. The van der Waals surface area contributed by atoms with Crippen LogP contribution in [0.15, 0.2) is 66.7 Å². The summed E-state index contributed by atoms with van der Waals surface area (Å²) in [6.07, 6.45) is 5.57. The largest absolute Gasteiger partial charge is 0.344 e. The summed E-state index contributed by atoms with van der Waals surface area (Å²) in [4.78, 5) is 0. The molecule has 1 heteroatoms. The molecule has 0 saturated carbocycles. The summed E-state index contributed by atoms with van der Waals surface area (Å²) in [6, 6.07) is 22.1. The summed E-state index contributed by atoms with van der Waals surface area (Å²) < 4.78 is 2.30. The second-order valence-corrected chi connectivity index (χ2v) is 6.29. The second-order valence-electron chi connectivity index (χ2n) is 6.29. The molecule has 0 saturated heterocycles. The van der Waals surface area contributed by atoms with Crippen LogP contribution >= 0.6 is 0 Å². The van der Waals surface area contributed by atoms with Crippen molar-refractivity contribution in [3.05, 3.63) is 77.9 Å². The number of aryl methyl sites for hydroxylation is 1. The highest BCUT2D eigenvalue weighted by Gasteiger charge is 2.13. The minimum Gasteiger partial charge on any atom is -0.344 e. The van der Waals surface area contributed by atoms with Crippen LogP contribution in [0.3, 0.4) is 0 Å². The van der Waals surface area contributed by atoms with Crippen LogP contribution < -0.4 is 0 Å². The summed E-state index contributed by atoms with van der Waals surface area (Å²) in [7, 11) is 2.16. The predicted molar refractivity (Wildman–Crippen MR) is 98.6 cm³/mol. The molecule has 0 N–H and O–H groups in total. The van der Waals surface area contributed by atoms with Crippen LogP contribution in [0.4, 0.5) is 0 Å². The molecule has 0 aliphatic heterocycles. The van der Waals surface area contributed by atoms with Crippen molar-refractivity contribution in [2.45, 2.75) is 6.42 Å². The molecule has 0 atom stereocenters. The van der Waals surface area contributed by atoms with E-state index in [-0.39, 0.29) is 0 Å². The normalized spacial score (nSPS) is 13.1. The fourth-order valence-corrected chi connectivity index (χ4v) is 3.87. The Hall–Kier alpha value is -2.80. The highest BCUT2D eigenvalue weighted by molar-refractivity contribution is 6.09. The Labute approximate surface area is 135 Å². The second kappa shape index (κ2) is 4.60. The molecule has 1 heterocycles. The van der Waals surface area contributed by atoms with E-state index in [9.17, 15) is 0 Å². The first-order valence-corrected chi connectivity index (χ1v) is 8.09. The first kappa shape index (κ1) is 12.7. The van der Waals surface area contributed by atoms with E-state index >= 15 is 0 Å². The number of benzene rings is 3. The Balaban J connectivity index is 1.82. The molecule has 0 radical (unpaired) electrons. The predicted octanol–water partition coefficient (Wildman–Crippen LogP) is 5.57. The zero-order valence-electron chi connectivity index (χ0n) is 13.1. The van der Waals surface area contributed by atoms with Gasteiger partial charge in [0.1, 0.15) is 0 Å². The van der Waals surface area contributed by atoms with Gasteiger partial charge in [0, 0.05) is 28.9 Å². The number of hydrogen-bond donors (Lipinski definition) is 0. The van der Waals surface area contributed by atoms with Gasteiger partial charge in [-0.15, -0.1) is 0 Å². The maximum absolute atomic E-state index is 2.33. The maximum atomic E-state index is 2.33. The number of nitrogens with zero attached hydrogens (tertiary/aromatic N) is 1. The molecule has 1 aliphatic rings. The smallest absolute Gasteiger partial charge is 0.0494 e. The number of rotatable bonds is 1. The van der Waals surface area contributed by atoms with Gasteiger partial charge in [-0.3, -0.25) is 0 Å². The molecular formula is C22H17N. The fraction of sp³-hybridized carbons (Fsp3) is 0.0909. The van der Waals surface area contributed by atoms with Gasteiger partial charge in [-0.25, -0.2) is 0 Å². The average Bonchev–Trinajstić information content (AvgIpc) is 3.19. The lowest BCUT2D eigenvalue weighted by Gasteiger charge is -2.09. The van der Waals surface area contributed by atoms with E-state index in [4.69, 9.17) is 0 Å². The van der Waals surface area contributed by atoms with Crippen molar-refractivity contribution in [3.63, 3.8) is 0 Å². The lowest BCUT2D eigenvalue weighted by atomic mass is 9.96. The summed E-state index contributed by atoms with van der Waals surface area (Å²) in [5, 5.41) is 2.66. The minimum absolute atomic E-state index is 1.06. The molecular weight excluding hydrogens is 278 g/mol. The molecule has 23 heavy (non-hydrogen) atoms. The topological polar surface area (TPSA) is 4.93 Å². The van der Waals surface area contributed by atoms with Crippen molar-refractivity contribution in [1.82, 2.24) is 4.57 Å². The third kappa shape index (κ3) is 1.74. The highest BCUT2D eigenvalue weighted by Crippen LogP contribution is 2.35. The quantitative estimate of drug-likeness (QED) is 0.433. The van der Waals surface area contributed by atoms with Gasteiger partial charge < -0.3 is 4.57 Å². The van der Waals surface area contributed by atoms with Gasteiger partial charge in [-0.1, -0.05) is 60.7 Å². The molecule has 0 amide bonds. The summed E-state index contributed by atoms with van der Waals surface area (Å²) >= 11 is 0. The van der Waals surface area contributed by atoms with E-state index in [2.05, 4.69) is 84.4 Å². The first-order chi connectivity index (χ1) is 11.3. The van der Waals surface area contributed by atoms with Crippen LogP contribution in [-0.2, 0) is 13.5 Å². The molecule has 1 aliphatic carbocycles. The van der Waals surface area contributed by atoms with Crippen molar-refractivity contribution in [1.29, 1.82) is 0 Å². The summed E-state index contributed by atoms with van der Waals surface area (Å²) in [6.45, 7) is 0. The van der Waals surface area contributed by atoms with E-state index in [1.165, 1.54) is 44.1 Å². The average molecular weight is 295 g/mol. The van der Waals surface area contributed by atoms with Gasteiger partial charge in [-0.05, 0) is 40.8 Å². The zero-order valence-corrected chi connectivity index (χ0v) is 13.1. The molecule has 4 aromatic rings. The molecule has 110 valence electrons. The molecule has 0 spiro atoms. The van der Waals surface area contributed by atoms with Crippen molar-refractivity contribution in [3.8, 4) is 11.1 Å². The van der Waals surface area contributed by atoms with Crippen LogP contribution in [0.25, 0.3) is 39.0 Å². The van der Waals surface area contributed by atoms with E-state index in [1.54, 1.807) is 0 Å². The van der Waals surface area contributed by atoms with E-state index < -0.39 is 0 Å². The van der Waals surface area contributed by atoms with Crippen molar-refractivity contribution >= 4 is 27.9 Å². The van der Waals surface area contributed by atoms with E-state index in [1.807, 2.05) is 0 Å². The minimum atomic E-state index is 1.06. The van der Waals surface area contributed by atoms with Crippen molar-refractivity contribution in [2.75, 3.05) is 0 Å². The summed E-state index contributed by atoms with van der Waals surface area (Å²) in [5.41, 5.74) is 8.03. The number of hydrogen-bond acceptors (Lipinski definition) is 0. The molecule has 3 aromatic carbocycles.